The number of ether oxygens (including phenoxy) is 2. The van der Waals surface area contributed by atoms with Crippen molar-refractivity contribution in [3.05, 3.63) is 68.6 Å². The highest BCUT2D eigenvalue weighted by Gasteiger charge is 2.22. The first kappa shape index (κ1) is 22.4. The summed E-state index contributed by atoms with van der Waals surface area (Å²) in [7, 11) is 3.28. The quantitative estimate of drug-likeness (QED) is 0.195. The van der Waals surface area contributed by atoms with Crippen molar-refractivity contribution in [3.63, 3.8) is 0 Å². The van der Waals surface area contributed by atoms with E-state index in [1.54, 1.807) is 24.0 Å². The summed E-state index contributed by atoms with van der Waals surface area (Å²) in [6, 6.07) is 15.5. The van der Waals surface area contributed by atoms with Crippen LogP contribution < -0.4 is 26.1 Å². The van der Waals surface area contributed by atoms with Crippen LogP contribution >= 0.6 is 31.9 Å². The zero-order valence-corrected chi connectivity index (χ0v) is 20.7. The van der Waals surface area contributed by atoms with Gasteiger partial charge < -0.3 is 20.2 Å². The van der Waals surface area contributed by atoms with Gasteiger partial charge in [0.15, 0.2) is 0 Å². The average molecular weight is 562 g/mol. The van der Waals surface area contributed by atoms with Gasteiger partial charge in [0, 0.05) is 0 Å². The minimum absolute atomic E-state index is 0.449. The van der Waals surface area contributed by atoms with Gasteiger partial charge in [0.25, 0.3) is 0 Å². The lowest BCUT2D eigenvalue weighted by atomic mass is 10.2. The lowest BCUT2D eigenvalue weighted by molar-refractivity contribution is 0.414. The molecule has 4 aromatic rings. The van der Waals surface area contributed by atoms with Crippen LogP contribution in [0, 0.1) is 0 Å². The maximum absolute atomic E-state index is 6.43. The molecule has 32 heavy (non-hydrogen) atoms. The van der Waals surface area contributed by atoms with Gasteiger partial charge in [-0.3, -0.25) is 0 Å². The third-order valence-electron chi connectivity index (χ3n) is 5.05. The van der Waals surface area contributed by atoms with Gasteiger partial charge in [-0.1, -0.05) is 24.3 Å². The molecule has 0 unspecified atom stereocenters. The van der Waals surface area contributed by atoms with Gasteiger partial charge in [0.1, 0.15) is 22.5 Å². The largest absolute Gasteiger partial charge is 0.497 e. The molecule has 166 valence electrons. The number of benzene rings is 3. The number of fused-ring (bicyclic) bond motifs is 1. The van der Waals surface area contributed by atoms with Crippen LogP contribution in [0.4, 0.5) is 11.4 Å². The molecule has 0 atom stereocenters. The van der Waals surface area contributed by atoms with Crippen LogP contribution in [0.15, 0.2) is 57.5 Å². The smallest absolute Gasteiger partial charge is 0.130 e. The Bertz CT molecular complexity index is 1240. The molecule has 0 aliphatic heterocycles. The van der Waals surface area contributed by atoms with E-state index in [0.29, 0.717) is 44.4 Å². The summed E-state index contributed by atoms with van der Waals surface area (Å²) < 4.78 is 11.8. The average Bonchev–Trinajstić information content (AvgIpc) is 3.23. The normalized spacial score (nSPS) is 11.0. The molecule has 0 spiro atoms. The van der Waals surface area contributed by atoms with Crippen LogP contribution in [-0.4, -0.2) is 29.2 Å². The number of halogens is 2. The number of hydrogen-bond donors (Lipinski definition) is 2. The summed E-state index contributed by atoms with van der Waals surface area (Å²) in [6.45, 7) is 0.954. The van der Waals surface area contributed by atoms with Crippen molar-refractivity contribution in [2.24, 2.45) is 5.84 Å². The van der Waals surface area contributed by atoms with Crippen molar-refractivity contribution in [3.8, 4) is 11.5 Å². The zero-order chi connectivity index (χ0) is 22.8. The van der Waals surface area contributed by atoms with Crippen molar-refractivity contribution >= 4 is 54.3 Å². The minimum Gasteiger partial charge on any atom is -0.497 e. The Hall–Kier alpha value is -2.82. The second-order valence-corrected chi connectivity index (χ2v) is 8.73. The van der Waals surface area contributed by atoms with E-state index in [4.69, 9.17) is 21.1 Å². The summed E-state index contributed by atoms with van der Waals surface area (Å²) in [5.41, 5.74) is 10.9. The molecule has 0 amide bonds. The van der Waals surface area contributed by atoms with E-state index in [-0.39, 0.29) is 0 Å². The number of hydrazine groups is 1. The summed E-state index contributed by atoms with van der Waals surface area (Å²) in [6.07, 6.45) is 0. The van der Waals surface area contributed by atoms with Crippen LogP contribution in [0.5, 0.6) is 11.5 Å². The van der Waals surface area contributed by atoms with E-state index < -0.39 is 0 Å². The maximum Gasteiger partial charge on any atom is 0.130 e. The number of aromatic nitrogens is 3. The predicted molar refractivity (Wildman–Crippen MR) is 133 cm³/mol. The predicted octanol–water partition coefficient (Wildman–Crippen LogP) is 4.48. The molecule has 0 radical (unpaired) electrons. The number of methoxy groups -OCH3 is 2. The van der Waals surface area contributed by atoms with Crippen molar-refractivity contribution < 1.29 is 9.47 Å². The molecule has 0 aliphatic rings. The number of nitrogens with two attached hydrogens (primary N) is 2. The SMILES string of the molecule is COc1ccc(CN(N)c2c(N)c(Br)c3nn(Cc4ccc(OC)cc4)nc3c2Br)cc1. The molecule has 4 N–H and O–H groups in total. The summed E-state index contributed by atoms with van der Waals surface area (Å²) in [5.74, 6) is 8.01. The van der Waals surface area contributed by atoms with Gasteiger partial charge in [-0.2, -0.15) is 15.0 Å². The number of rotatable bonds is 7. The Balaban J connectivity index is 1.65. The lowest BCUT2D eigenvalue weighted by Crippen LogP contribution is -2.31. The number of hydrogen-bond acceptors (Lipinski definition) is 7. The van der Waals surface area contributed by atoms with E-state index >= 15 is 0 Å². The Labute approximate surface area is 202 Å². The van der Waals surface area contributed by atoms with Crippen LogP contribution in [-0.2, 0) is 13.1 Å². The van der Waals surface area contributed by atoms with Gasteiger partial charge in [-0.15, -0.1) is 0 Å². The molecule has 4 rings (SSSR count). The van der Waals surface area contributed by atoms with Crippen LogP contribution in [0.25, 0.3) is 11.0 Å². The minimum atomic E-state index is 0.449. The van der Waals surface area contributed by atoms with Gasteiger partial charge >= 0.3 is 0 Å². The highest BCUT2D eigenvalue weighted by atomic mass is 79.9. The fourth-order valence-corrected chi connectivity index (χ4v) is 4.52. The number of anilines is 2. The molecule has 0 saturated carbocycles. The Kier molecular flexibility index (Phi) is 6.54. The monoisotopic (exact) mass is 560 g/mol. The van der Waals surface area contributed by atoms with Gasteiger partial charge in [-0.25, -0.2) is 5.84 Å². The summed E-state index contributed by atoms with van der Waals surface area (Å²) >= 11 is 7.23. The third-order valence-corrected chi connectivity index (χ3v) is 6.61. The molecule has 1 aromatic heterocycles. The Morgan fingerprint density at radius 3 is 1.88 bits per heavy atom. The highest BCUT2D eigenvalue weighted by molar-refractivity contribution is 9.11. The van der Waals surface area contributed by atoms with Crippen molar-refractivity contribution in [1.29, 1.82) is 0 Å². The molecular formula is C22H22Br2N6O2. The first-order valence-corrected chi connectivity index (χ1v) is 11.3. The summed E-state index contributed by atoms with van der Waals surface area (Å²) in [4.78, 5) is 1.63. The van der Waals surface area contributed by atoms with E-state index in [9.17, 15) is 0 Å². The molecule has 8 nitrogen and oxygen atoms in total. The Morgan fingerprint density at radius 1 is 0.844 bits per heavy atom. The topological polar surface area (TPSA) is 104 Å². The maximum atomic E-state index is 6.43. The summed E-state index contributed by atoms with van der Waals surface area (Å²) in [5, 5.41) is 10.9. The second-order valence-electron chi connectivity index (χ2n) is 7.14. The molecule has 1 heterocycles. The van der Waals surface area contributed by atoms with Gasteiger partial charge in [0.05, 0.1) is 47.6 Å². The van der Waals surface area contributed by atoms with E-state index in [1.165, 1.54) is 0 Å². The van der Waals surface area contributed by atoms with Crippen LogP contribution in [0.3, 0.4) is 0 Å². The first-order chi connectivity index (χ1) is 15.4. The molecule has 3 aromatic carbocycles. The third kappa shape index (κ3) is 4.38. The lowest BCUT2D eigenvalue weighted by Gasteiger charge is -2.23. The number of nitrogens with zero attached hydrogens (tertiary/aromatic N) is 4. The van der Waals surface area contributed by atoms with Crippen molar-refractivity contribution in [1.82, 2.24) is 15.0 Å². The van der Waals surface area contributed by atoms with E-state index in [0.717, 1.165) is 22.6 Å². The van der Waals surface area contributed by atoms with Crippen LogP contribution in [0.1, 0.15) is 11.1 Å². The van der Waals surface area contributed by atoms with Gasteiger partial charge in [-0.05, 0) is 67.3 Å². The fraction of sp³-hybridized carbons (Fsp3) is 0.182. The fourth-order valence-electron chi connectivity index (χ4n) is 3.36. The molecule has 0 bridgehead atoms. The Morgan fingerprint density at radius 2 is 1.34 bits per heavy atom. The van der Waals surface area contributed by atoms with Crippen LogP contribution in [0.2, 0.25) is 0 Å². The zero-order valence-electron chi connectivity index (χ0n) is 17.5. The first-order valence-electron chi connectivity index (χ1n) is 9.70. The molecule has 10 heteroatoms. The van der Waals surface area contributed by atoms with Crippen molar-refractivity contribution in [2.75, 3.05) is 25.0 Å². The molecule has 0 fully saturated rings. The van der Waals surface area contributed by atoms with E-state index in [1.807, 2.05) is 48.5 Å². The van der Waals surface area contributed by atoms with Crippen molar-refractivity contribution in [2.45, 2.75) is 13.1 Å². The van der Waals surface area contributed by atoms with Gasteiger partial charge in [0.2, 0.25) is 0 Å². The highest BCUT2D eigenvalue weighted by Crippen LogP contribution is 2.43. The molecule has 0 aliphatic carbocycles. The standard InChI is InChI=1S/C22H22Br2N6O2/c1-31-15-7-3-13(4-8-15)11-29(26)22-18(24)21-20(17(23)19(22)25)27-30(28-21)12-14-5-9-16(32-2)10-6-14/h3-10H,11-12,25-26H2,1-2H3. The molecular weight excluding hydrogens is 540 g/mol. The molecule has 0 saturated heterocycles. The second kappa shape index (κ2) is 9.35. The number of nitrogen functional groups attached to an aromatic ring is 1. The van der Waals surface area contributed by atoms with E-state index in [2.05, 4.69) is 42.1 Å².